The molecule has 0 aliphatic carbocycles. The van der Waals surface area contributed by atoms with Gasteiger partial charge in [0.1, 0.15) is 11.9 Å². The van der Waals surface area contributed by atoms with E-state index in [0.717, 1.165) is 26.7 Å². The van der Waals surface area contributed by atoms with Crippen molar-refractivity contribution < 1.29 is 4.74 Å². The Bertz CT molecular complexity index is 621. The molecule has 2 nitrogen and oxygen atoms in total. The van der Waals surface area contributed by atoms with Crippen LogP contribution < -0.4 is 10.5 Å². The summed E-state index contributed by atoms with van der Waals surface area (Å²) in [4.78, 5) is 0. The Kier molecular flexibility index (Phi) is 6.11. The summed E-state index contributed by atoms with van der Waals surface area (Å²) >= 11 is 13.2. The van der Waals surface area contributed by atoms with E-state index in [0.29, 0.717) is 5.02 Å². The molecule has 2 N–H and O–H groups in total. The molecule has 0 heterocycles. The van der Waals surface area contributed by atoms with Crippen LogP contribution in [0, 0.1) is 0 Å². The molecule has 0 saturated heterocycles. The summed E-state index contributed by atoms with van der Waals surface area (Å²) in [6, 6.07) is 13.3. The van der Waals surface area contributed by atoms with Gasteiger partial charge in [0, 0.05) is 21.1 Å². The molecule has 0 fully saturated rings. The molecule has 0 bridgehead atoms. The van der Waals surface area contributed by atoms with Crippen LogP contribution in [0.3, 0.4) is 0 Å². The molecule has 0 aliphatic heterocycles. The Morgan fingerprint density at radius 1 is 1.19 bits per heavy atom. The van der Waals surface area contributed by atoms with Crippen LogP contribution in [-0.2, 0) is 0 Å². The first kappa shape index (κ1) is 16.8. The Balaban J connectivity index is 2.35. The highest BCUT2D eigenvalue weighted by Crippen LogP contribution is 2.35. The van der Waals surface area contributed by atoms with Crippen molar-refractivity contribution in [2.75, 3.05) is 0 Å². The van der Waals surface area contributed by atoms with Crippen molar-refractivity contribution in [1.82, 2.24) is 0 Å². The average Bonchev–Trinajstić information content (AvgIpc) is 2.47. The van der Waals surface area contributed by atoms with Gasteiger partial charge in [0.15, 0.2) is 0 Å². The highest BCUT2D eigenvalue weighted by Gasteiger charge is 2.23. The fraction of sp³-hybridized carbons (Fsp3) is 0.250. The van der Waals surface area contributed by atoms with Crippen molar-refractivity contribution in [1.29, 1.82) is 0 Å². The summed E-state index contributed by atoms with van der Waals surface area (Å²) in [5.41, 5.74) is 7.14. The van der Waals surface area contributed by atoms with Crippen LogP contribution in [0.4, 0.5) is 0 Å². The first-order valence-corrected chi connectivity index (χ1v) is 8.61. The highest BCUT2D eigenvalue weighted by atomic mass is 79.9. The lowest BCUT2D eigenvalue weighted by Crippen LogP contribution is -2.31. The van der Waals surface area contributed by atoms with Crippen molar-refractivity contribution in [3.05, 3.63) is 62.0 Å². The van der Waals surface area contributed by atoms with Gasteiger partial charge in [-0.25, -0.2) is 0 Å². The van der Waals surface area contributed by atoms with Gasteiger partial charge in [-0.15, -0.1) is 0 Å². The second-order valence-corrected chi connectivity index (χ2v) is 6.88. The summed E-state index contributed by atoms with van der Waals surface area (Å²) in [5.74, 6) is 0.743. The summed E-state index contributed by atoms with van der Waals surface area (Å²) in [5, 5.41) is 0.666. The minimum Gasteiger partial charge on any atom is -0.483 e. The van der Waals surface area contributed by atoms with Crippen LogP contribution in [0.25, 0.3) is 0 Å². The van der Waals surface area contributed by atoms with Gasteiger partial charge in [0.05, 0.1) is 4.47 Å². The van der Waals surface area contributed by atoms with Gasteiger partial charge >= 0.3 is 0 Å². The molecule has 0 aromatic heterocycles. The summed E-state index contributed by atoms with van der Waals surface area (Å²) in [6.07, 6.45) is 0.505. The molecule has 2 rings (SSSR count). The van der Waals surface area contributed by atoms with Crippen LogP contribution in [0.1, 0.15) is 25.0 Å². The number of benzene rings is 2. The van der Waals surface area contributed by atoms with Crippen LogP contribution >= 0.6 is 43.5 Å². The Morgan fingerprint density at radius 2 is 1.90 bits per heavy atom. The number of hydrogen-bond donors (Lipinski definition) is 1. The molecule has 21 heavy (non-hydrogen) atoms. The Hall–Kier alpha value is -0.550. The molecule has 0 saturated carbocycles. The molecule has 2 atom stereocenters. The second kappa shape index (κ2) is 7.63. The zero-order valence-corrected chi connectivity index (χ0v) is 15.5. The largest absolute Gasteiger partial charge is 0.483 e. The van der Waals surface area contributed by atoms with Crippen molar-refractivity contribution in [2.45, 2.75) is 25.5 Å². The number of nitrogens with two attached hydrogens (primary N) is 1. The van der Waals surface area contributed by atoms with Gasteiger partial charge in [-0.2, -0.15) is 0 Å². The lowest BCUT2D eigenvalue weighted by Gasteiger charge is -2.26. The molecule has 2 unspecified atom stereocenters. The zero-order valence-electron chi connectivity index (χ0n) is 11.5. The Morgan fingerprint density at radius 3 is 2.52 bits per heavy atom. The van der Waals surface area contributed by atoms with E-state index in [1.54, 1.807) is 0 Å². The van der Waals surface area contributed by atoms with E-state index < -0.39 is 0 Å². The first-order chi connectivity index (χ1) is 10.0. The van der Waals surface area contributed by atoms with Crippen molar-refractivity contribution in [2.24, 2.45) is 5.73 Å². The van der Waals surface area contributed by atoms with Gasteiger partial charge in [-0.1, -0.05) is 52.7 Å². The molecular formula is C16H16Br2ClNO. The van der Waals surface area contributed by atoms with E-state index in [2.05, 4.69) is 31.9 Å². The van der Waals surface area contributed by atoms with E-state index in [4.69, 9.17) is 22.1 Å². The molecule has 2 aromatic rings. The normalized spacial score (nSPS) is 13.8. The van der Waals surface area contributed by atoms with Gasteiger partial charge in [-0.05, 0) is 46.6 Å². The van der Waals surface area contributed by atoms with Crippen molar-refractivity contribution in [3.63, 3.8) is 0 Å². The third kappa shape index (κ3) is 4.22. The maximum absolute atomic E-state index is 6.30. The minimum absolute atomic E-state index is 0.138. The SMILES string of the molecule is CCC(N)C(Oc1ccc(Br)cc1Br)c1ccccc1Cl. The maximum Gasteiger partial charge on any atom is 0.140 e. The predicted octanol–water partition coefficient (Wildman–Crippen LogP) is 5.72. The molecular weight excluding hydrogens is 417 g/mol. The number of rotatable bonds is 5. The standard InChI is InChI=1S/C16H16Br2ClNO/c1-2-14(20)16(11-5-3-4-6-13(11)19)21-15-8-7-10(17)9-12(15)18/h3-9,14,16H,2,20H2,1H3. The van der Waals surface area contributed by atoms with Crippen molar-refractivity contribution >= 4 is 43.5 Å². The average molecular weight is 434 g/mol. The molecule has 0 spiro atoms. The third-order valence-electron chi connectivity index (χ3n) is 3.22. The Labute approximate surface area is 146 Å². The molecule has 0 aliphatic rings. The topological polar surface area (TPSA) is 35.2 Å². The molecule has 0 radical (unpaired) electrons. The van der Waals surface area contributed by atoms with E-state index in [1.807, 2.05) is 49.4 Å². The van der Waals surface area contributed by atoms with Crippen molar-refractivity contribution in [3.8, 4) is 5.75 Å². The second-order valence-electron chi connectivity index (χ2n) is 4.71. The van der Waals surface area contributed by atoms with E-state index in [1.165, 1.54) is 0 Å². The molecule has 5 heteroatoms. The predicted molar refractivity (Wildman–Crippen MR) is 94.9 cm³/mol. The number of halogens is 3. The summed E-state index contributed by atoms with van der Waals surface area (Å²) in [6.45, 7) is 2.04. The molecule has 112 valence electrons. The van der Waals surface area contributed by atoms with Crippen LogP contribution in [0.15, 0.2) is 51.4 Å². The first-order valence-electron chi connectivity index (χ1n) is 6.64. The van der Waals surface area contributed by atoms with Gasteiger partial charge in [-0.3, -0.25) is 0 Å². The van der Waals surface area contributed by atoms with Crippen LogP contribution in [0.2, 0.25) is 5.02 Å². The lowest BCUT2D eigenvalue weighted by atomic mass is 10.0. The number of hydrogen-bond acceptors (Lipinski definition) is 2. The summed E-state index contributed by atoms with van der Waals surface area (Å²) in [7, 11) is 0. The smallest absolute Gasteiger partial charge is 0.140 e. The fourth-order valence-corrected chi connectivity index (χ4v) is 3.39. The van der Waals surface area contributed by atoms with Crippen LogP contribution in [-0.4, -0.2) is 6.04 Å². The highest BCUT2D eigenvalue weighted by molar-refractivity contribution is 9.11. The maximum atomic E-state index is 6.30. The van der Waals surface area contributed by atoms with E-state index in [-0.39, 0.29) is 12.1 Å². The van der Waals surface area contributed by atoms with E-state index >= 15 is 0 Å². The van der Waals surface area contributed by atoms with Gasteiger partial charge in [0.2, 0.25) is 0 Å². The third-order valence-corrected chi connectivity index (χ3v) is 4.68. The van der Waals surface area contributed by atoms with Gasteiger partial charge in [0.25, 0.3) is 0 Å². The molecule has 2 aromatic carbocycles. The minimum atomic E-state index is -0.291. The lowest BCUT2D eigenvalue weighted by molar-refractivity contribution is 0.170. The molecule has 0 amide bonds. The fourth-order valence-electron chi connectivity index (χ4n) is 2.01. The van der Waals surface area contributed by atoms with Gasteiger partial charge < -0.3 is 10.5 Å². The van der Waals surface area contributed by atoms with Crippen LogP contribution in [0.5, 0.6) is 5.75 Å². The van der Waals surface area contributed by atoms with E-state index in [9.17, 15) is 0 Å². The quantitative estimate of drug-likeness (QED) is 0.654. The number of ether oxygens (including phenoxy) is 1. The zero-order chi connectivity index (χ0) is 15.4. The summed E-state index contributed by atoms with van der Waals surface area (Å²) < 4.78 is 8.00. The monoisotopic (exact) mass is 431 g/mol.